The van der Waals surface area contributed by atoms with Gasteiger partial charge in [-0.05, 0) is 62.2 Å². The average molecular weight is 440 g/mol. The first-order chi connectivity index (χ1) is 16.2. The molecule has 0 spiro atoms. The third kappa shape index (κ3) is 6.21. The molecule has 1 saturated heterocycles. The predicted octanol–water partition coefficient (Wildman–Crippen LogP) is 5.38. The molecule has 0 amide bonds. The number of nitrogen functional groups attached to an aromatic ring is 1. The van der Waals surface area contributed by atoms with Crippen LogP contribution in [0.15, 0.2) is 67.2 Å². The zero-order chi connectivity index (χ0) is 23.6. The molecule has 0 bridgehead atoms. The van der Waals surface area contributed by atoms with Crippen LogP contribution in [0.25, 0.3) is 16.5 Å². The number of allylic oxidation sites excluding steroid dienone is 3. The van der Waals surface area contributed by atoms with Gasteiger partial charge in [-0.2, -0.15) is 0 Å². The number of hydrogen-bond acceptors (Lipinski definition) is 4. The number of anilines is 1. The molecule has 170 valence electrons. The van der Waals surface area contributed by atoms with Gasteiger partial charge in [-0.15, -0.1) is 12.8 Å². The molecule has 1 aliphatic rings. The second-order valence-corrected chi connectivity index (χ2v) is 8.21. The lowest BCUT2D eigenvalue weighted by atomic mass is 10.00. The molecule has 33 heavy (non-hydrogen) atoms. The van der Waals surface area contributed by atoms with Crippen molar-refractivity contribution < 1.29 is 0 Å². The number of nitrogens with zero attached hydrogens (tertiary/aromatic N) is 3. The van der Waals surface area contributed by atoms with Crippen molar-refractivity contribution >= 4 is 22.3 Å². The largest absolute Gasteiger partial charge is 0.383 e. The molecule has 3 aromatic heterocycles. The molecule has 4 heterocycles. The van der Waals surface area contributed by atoms with Crippen LogP contribution in [0.2, 0.25) is 0 Å². The molecular formula is C28H33N5. The molecule has 1 fully saturated rings. The number of terminal acetylenes is 1. The summed E-state index contributed by atoms with van der Waals surface area (Å²) in [4.78, 5) is 14.7. The van der Waals surface area contributed by atoms with E-state index in [4.69, 9.17) is 5.73 Å². The van der Waals surface area contributed by atoms with Gasteiger partial charge in [-0.1, -0.05) is 31.2 Å². The van der Waals surface area contributed by atoms with Crippen molar-refractivity contribution in [1.29, 1.82) is 0 Å². The Kier molecular flexibility index (Phi) is 8.63. The van der Waals surface area contributed by atoms with Gasteiger partial charge in [0, 0.05) is 59.3 Å². The predicted molar refractivity (Wildman–Crippen MR) is 140 cm³/mol. The maximum absolute atomic E-state index is 6.23. The van der Waals surface area contributed by atoms with E-state index in [0.717, 1.165) is 39.8 Å². The molecule has 3 N–H and O–H groups in total. The fourth-order valence-electron chi connectivity index (χ4n) is 4.23. The number of aromatic amines is 1. The molecule has 0 unspecified atom stereocenters. The van der Waals surface area contributed by atoms with E-state index in [1.807, 2.05) is 24.5 Å². The first-order valence-corrected chi connectivity index (χ1v) is 11.4. The first kappa shape index (κ1) is 24.0. The first-order valence-electron chi connectivity index (χ1n) is 11.4. The van der Waals surface area contributed by atoms with Crippen LogP contribution in [0, 0.1) is 12.8 Å². The number of nitrogens with one attached hydrogen (secondary N) is 1. The number of fused-ring (bicyclic) bond motifs is 1. The van der Waals surface area contributed by atoms with Crippen LogP contribution < -0.4 is 5.73 Å². The van der Waals surface area contributed by atoms with E-state index in [1.165, 1.54) is 37.9 Å². The number of pyridine rings is 2. The number of rotatable bonds is 7. The number of likely N-dealkylation sites (tertiary alicyclic amines) is 1. The molecule has 0 saturated carbocycles. The van der Waals surface area contributed by atoms with Crippen LogP contribution in [0.5, 0.6) is 0 Å². The minimum atomic E-state index is 0.567. The van der Waals surface area contributed by atoms with Gasteiger partial charge in [-0.25, -0.2) is 4.98 Å². The third-order valence-electron chi connectivity index (χ3n) is 5.96. The molecule has 0 radical (unpaired) electrons. The number of H-pyrrole nitrogens is 1. The van der Waals surface area contributed by atoms with Crippen LogP contribution >= 0.6 is 0 Å². The van der Waals surface area contributed by atoms with Gasteiger partial charge >= 0.3 is 0 Å². The summed E-state index contributed by atoms with van der Waals surface area (Å²) in [6, 6.07) is 6.26. The molecule has 1 aliphatic heterocycles. The number of hydrogen-bond donors (Lipinski definition) is 2. The van der Waals surface area contributed by atoms with Gasteiger partial charge in [0.1, 0.15) is 5.82 Å². The Labute approximate surface area is 197 Å². The van der Waals surface area contributed by atoms with E-state index in [1.54, 1.807) is 6.20 Å². The molecule has 5 nitrogen and oxygen atoms in total. The zero-order valence-corrected chi connectivity index (χ0v) is 19.4. The van der Waals surface area contributed by atoms with Gasteiger partial charge < -0.3 is 10.7 Å². The lowest BCUT2D eigenvalue weighted by Gasteiger charge is -2.26. The summed E-state index contributed by atoms with van der Waals surface area (Å²) in [6.07, 6.45) is 24.5. The molecule has 0 aromatic carbocycles. The summed E-state index contributed by atoms with van der Waals surface area (Å²) in [5.41, 5.74) is 12.9. The van der Waals surface area contributed by atoms with Crippen molar-refractivity contribution in [3.63, 3.8) is 0 Å². The Bertz CT molecular complexity index is 1130. The second kappa shape index (κ2) is 11.8. The molecule has 0 atom stereocenters. The summed E-state index contributed by atoms with van der Waals surface area (Å²) in [5, 5.41) is 1.10. The third-order valence-corrected chi connectivity index (χ3v) is 5.96. The Balaban J connectivity index is 0.00000149. The Morgan fingerprint density at radius 2 is 2.00 bits per heavy atom. The summed E-state index contributed by atoms with van der Waals surface area (Å²) < 4.78 is 0. The average Bonchev–Trinajstić information content (AvgIpc) is 3.27. The van der Waals surface area contributed by atoms with Gasteiger partial charge in [0.2, 0.25) is 0 Å². The van der Waals surface area contributed by atoms with Crippen LogP contribution in [0.4, 0.5) is 5.82 Å². The summed E-state index contributed by atoms with van der Waals surface area (Å²) >= 11 is 0. The van der Waals surface area contributed by atoms with E-state index in [-0.39, 0.29) is 0 Å². The molecule has 0 aliphatic carbocycles. The number of piperidine rings is 1. The highest BCUT2D eigenvalue weighted by Gasteiger charge is 2.12. The summed E-state index contributed by atoms with van der Waals surface area (Å²) in [5.74, 6) is 0.567. The van der Waals surface area contributed by atoms with Crippen molar-refractivity contribution in [3.05, 3.63) is 84.0 Å². The highest BCUT2D eigenvalue weighted by molar-refractivity contribution is 5.79. The smallest absolute Gasteiger partial charge is 0.126 e. The quantitative estimate of drug-likeness (QED) is 0.383. The normalized spacial score (nSPS) is 15.1. The molecular weight excluding hydrogens is 406 g/mol. The van der Waals surface area contributed by atoms with Gasteiger partial charge in [0.15, 0.2) is 0 Å². The standard InChI is InChI=1S/C26H31N5.C2H2/c1-3-19(18-31-10-6-5-7-11-31)12-20(4-2)22-13-21(26(27)29-17-22)14-24-15-23-16-28-9-8-25(23)30-24;1-2/h3-4,8-9,12-13,15-17,30H,1,5-7,10-11,14,18H2,2H3,(H2,27,29);1-2H/b19-12+,20-4+;. The maximum Gasteiger partial charge on any atom is 0.126 e. The molecule has 4 rings (SSSR count). The van der Waals surface area contributed by atoms with Crippen molar-refractivity contribution in [2.45, 2.75) is 32.6 Å². The second-order valence-electron chi connectivity index (χ2n) is 8.21. The van der Waals surface area contributed by atoms with Gasteiger partial charge in [0.25, 0.3) is 0 Å². The lowest BCUT2D eigenvalue weighted by Crippen LogP contribution is -2.31. The fourth-order valence-corrected chi connectivity index (χ4v) is 4.23. The van der Waals surface area contributed by atoms with Crippen LogP contribution in [-0.4, -0.2) is 39.5 Å². The van der Waals surface area contributed by atoms with Crippen molar-refractivity contribution in [1.82, 2.24) is 19.9 Å². The Morgan fingerprint density at radius 3 is 2.70 bits per heavy atom. The Morgan fingerprint density at radius 1 is 1.21 bits per heavy atom. The number of aromatic nitrogens is 3. The zero-order valence-electron chi connectivity index (χ0n) is 19.4. The van der Waals surface area contributed by atoms with E-state index in [0.29, 0.717) is 12.2 Å². The van der Waals surface area contributed by atoms with Crippen LogP contribution in [0.1, 0.15) is 43.0 Å². The monoisotopic (exact) mass is 439 g/mol. The van der Waals surface area contributed by atoms with Crippen LogP contribution in [0.3, 0.4) is 0 Å². The van der Waals surface area contributed by atoms with Crippen molar-refractivity contribution in [2.24, 2.45) is 0 Å². The summed E-state index contributed by atoms with van der Waals surface area (Å²) in [6.45, 7) is 9.40. The highest BCUT2D eigenvalue weighted by atomic mass is 15.1. The lowest BCUT2D eigenvalue weighted by molar-refractivity contribution is 0.248. The Hall–Kier alpha value is -3.62. The molecule has 3 aromatic rings. The SMILES string of the molecule is C#C.C=C/C(=C\C(=C/C)c1cnc(N)c(Cc2cc3cnccc3[nH]2)c1)CN1CCCCC1. The highest BCUT2D eigenvalue weighted by Crippen LogP contribution is 2.24. The van der Waals surface area contributed by atoms with Crippen LogP contribution in [-0.2, 0) is 6.42 Å². The van der Waals surface area contributed by atoms with Gasteiger partial charge in [-0.3, -0.25) is 9.88 Å². The minimum absolute atomic E-state index is 0.567. The van der Waals surface area contributed by atoms with E-state index in [2.05, 4.69) is 70.5 Å². The van der Waals surface area contributed by atoms with Gasteiger partial charge in [0.05, 0.1) is 0 Å². The van der Waals surface area contributed by atoms with Crippen molar-refractivity contribution in [3.8, 4) is 12.8 Å². The van der Waals surface area contributed by atoms with E-state index >= 15 is 0 Å². The van der Waals surface area contributed by atoms with Crippen molar-refractivity contribution in [2.75, 3.05) is 25.4 Å². The molecule has 5 heteroatoms. The topological polar surface area (TPSA) is 70.8 Å². The maximum atomic E-state index is 6.23. The number of nitrogens with two attached hydrogens (primary N) is 1. The van der Waals surface area contributed by atoms with E-state index in [9.17, 15) is 0 Å². The fraction of sp³-hybridized carbons (Fsp3) is 0.286. The van der Waals surface area contributed by atoms with E-state index < -0.39 is 0 Å². The summed E-state index contributed by atoms with van der Waals surface area (Å²) in [7, 11) is 0. The minimum Gasteiger partial charge on any atom is -0.383 e.